The average Bonchev–Trinajstić information content (AvgIpc) is 2.49. The second kappa shape index (κ2) is 8.04. The van der Waals surface area contributed by atoms with E-state index in [-0.39, 0.29) is 0 Å². The Balaban J connectivity index is 2.80. The molecule has 0 aromatic heterocycles. The van der Waals surface area contributed by atoms with Crippen molar-refractivity contribution in [2.24, 2.45) is 10.7 Å². The van der Waals surface area contributed by atoms with E-state index in [2.05, 4.69) is 22.0 Å². The van der Waals surface area contributed by atoms with Gasteiger partial charge in [-0.2, -0.15) is 0 Å². The number of nitrogens with zero attached hydrogens (tertiary/aromatic N) is 1. The van der Waals surface area contributed by atoms with Gasteiger partial charge in [0, 0.05) is 6.54 Å². The van der Waals surface area contributed by atoms with E-state index in [9.17, 15) is 4.79 Å². The molecule has 1 aromatic carbocycles. The third-order valence-electron chi connectivity index (χ3n) is 2.66. The van der Waals surface area contributed by atoms with Gasteiger partial charge in [0.25, 0.3) is 0 Å². The van der Waals surface area contributed by atoms with Crippen molar-refractivity contribution in [3.05, 3.63) is 29.3 Å². The van der Waals surface area contributed by atoms with Gasteiger partial charge in [-0.25, -0.2) is 9.79 Å². The molecule has 0 aliphatic rings. The van der Waals surface area contributed by atoms with E-state index >= 15 is 0 Å². The lowest BCUT2D eigenvalue weighted by atomic mass is 10.1. The van der Waals surface area contributed by atoms with E-state index in [1.807, 2.05) is 0 Å². The van der Waals surface area contributed by atoms with Crippen molar-refractivity contribution >= 4 is 11.9 Å². The molecule has 0 spiro atoms. The fourth-order valence-corrected chi connectivity index (χ4v) is 1.60. The summed E-state index contributed by atoms with van der Waals surface area (Å²) in [6, 6.07) is 5.21. The third-order valence-corrected chi connectivity index (χ3v) is 2.66. The highest BCUT2D eigenvalue weighted by Gasteiger charge is 2.12. The van der Waals surface area contributed by atoms with Crippen LogP contribution in [-0.2, 0) is 11.3 Å². The maximum atomic E-state index is 11.5. The Morgan fingerprint density at radius 1 is 1.40 bits per heavy atom. The second-order valence-electron chi connectivity index (χ2n) is 4.15. The fraction of sp³-hybridized carbons (Fsp3) is 0.429. The number of methoxy groups -OCH3 is 2. The molecule has 0 unspecified atom stereocenters. The predicted octanol–water partition coefficient (Wildman–Crippen LogP) is 1.30. The molecular formula is C14H21N3O3. The molecule has 0 atom stereocenters. The molecule has 1 aromatic rings. The summed E-state index contributed by atoms with van der Waals surface area (Å²) in [6.07, 6.45) is 0.984. The maximum Gasteiger partial charge on any atom is 0.341 e. The smallest absolute Gasteiger partial charge is 0.341 e. The van der Waals surface area contributed by atoms with Gasteiger partial charge in [-0.1, -0.05) is 13.0 Å². The number of rotatable bonds is 6. The van der Waals surface area contributed by atoms with Crippen molar-refractivity contribution in [1.29, 1.82) is 0 Å². The summed E-state index contributed by atoms with van der Waals surface area (Å²) in [7, 11) is 2.84. The summed E-state index contributed by atoms with van der Waals surface area (Å²) in [5.41, 5.74) is 7.00. The Labute approximate surface area is 119 Å². The Bertz CT molecular complexity index is 487. The van der Waals surface area contributed by atoms with Crippen molar-refractivity contribution in [2.45, 2.75) is 19.9 Å². The Morgan fingerprint density at radius 2 is 2.15 bits per heavy atom. The van der Waals surface area contributed by atoms with Gasteiger partial charge in [0.05, 0.1) is 20.8 Å². The maximum absolute atomic E-state index is 11.5. The highest BCUT2D eigenvalue weighted by molar-refractivity contribution is 5.92. The summed E-state index contributed by atoms with van der Waals surface area (Å²) in [6.45, 7) is 3.26. The first kappa shape index (κ1) is 15.8. The van der Waals surface area contributed by atoms with Gasteiger partial charge in [0.2, 0.25) is 0 Å². The van der Waals surface area contributed by atoms with Crippen molar-refractivity contribution in [2.75, 3.05) is 20.8 Å². The molecule has 110 valence electrons. The monoisotopic (exact) mass is 279 g/mol. The van der Waals surface area contributed by atoms with Crippen LogP contribution in [0.25, 0.3) is 0 Å². The molecule has 0 radical (unpaired) electrons. The van der Waals surface area contributed by atoms with Crippen molar-refractivity contribution in [3.63, 3.8) is 0 Å². The molecule has 6 heteroatoms. The zero-order valence-electron chi connectivity index (χ0n) is 12.1. The molecule has 0 fully saturated rings. The van der Waals surface area contributed by atoms with Gasteiger partial charge in [-0.15, -0.1) is 0 Å². The number of aliphatic imine (C=N–C) groups is 1. The van der Waals surface area contributed by atoms with Crippen LogP contribution in [0.15, 0.2) is 23.2 Å². The first-order valence-corrected chi connectivity index (χ1v) is 6.41. The fourth-order valence-electron chi connectivity index (χ4n) is 1.60. The molecule has 0 heterocycles. The normalized spacial score (nSPS) is 11.1. The quantitative estimate of drug-likeness (QED) is 0.465. The van der Waals surface area contributed by atoms with Gasteiger partial charge in [0.1, 0.15) is 11.3 Å². The van der Waals surface area contributed by atoms with Crippen LogP contribution >= 0.6 is 0 Å². The number of benzene rings is 1. The van der Waals surface area contributed by atoms with Crippen LogP contribution in [0.2, 0.25) is 0 Å². The van der Waals surface area contributed by atoms with Crippen molar-refractivity contribution in [1.82, 2.24) is 5.32 Å². The van der Waals surface area contributed by atoms with Crippen molar-refractivity contribution < 1.29 is 14.3 Å². The van der Waals surface area contributed by atoms with E-state index in [4.69, 9.17) is 10.5 Å². The number of guanidine groups is 1. The molecule has 0 bridgehead atoms. The van der Waals surface area contributed by atoms with Crippen LogP contribution in [-0.4, -0.2) is 32.7 Å². The van der Waals surface area contributed by atoms with Crippen LogP contribution in [0.3, 0.4) is 0 Å². The minimum absolute atomic E-state index is 0.389. The molecule has 0 amide bonds. The van der Waals surface area contributed by atoms with Crippen LogP contribution in [0.1, 0.15) is 29.3 Å². The number of nitrogens with one attached hydrogen (secondary N) is 1. The largest absolute Gasteiger partial charge is 0.496 e. The van der Waals surface area contributed by atoms with Gasteiger partial charge >= 0.3 is 5.97 Å². The predicted molar refractivity (Wildman–Crippen MR) is 78.0 cm³/mol. The van der Waals surface area contributed by atoms with E-state index < -0.39 is 5.97 Å². The Morgan fingerprint density at radius 3 is 2.75 bits per heavy atom. The number of nitrogens with two attached hydrogens (primary N) is 1. The highest BCUT2D eigenvalue weighted by Crippen LogP contribution is 2.21. The SMILES string of the molecule is CCCNC(N)=NCc1ccc(C(=O)OC)c(OC)c1. The summed E-state index contributed by atoms with van der Waals surface area (Å²) < 4.78 is 9.87. The zero-order chi connectivity index (χ0) is 15.0. The lowest BCUT2D eigenvalue weighted by Crippen LogP contribution is -2.32. The first-order valence-electron chi connectivity index (χ1n) is 6.41. The highest BCUT2D eigenvalue weighted by atomic mass is 16.5. The first-order chi connectivity index (χ1) is 9.62. The average molecular weight is 279 g/mol. The lowest BCUT2D eigenvalue weighted by Gasteiger charge is -2.08. The summed E-state index contributed by atoms with van der Waals surface area (Å²) in [5.74, 6) is 0.438. The molecular weight excluding hydrogens is 258 g/mol. The minimum atomic E-state index is -0.430. The number of carbonyl (C=O) groups excluding carboxylic acids is 1. The van der Waals surface area contributed by atoms with Crippen LogP contribution < -0.4 is 15.8 Å². The van der Waals surface area contributed by atoms with Gasteiger partial charge < -0.3 is 20.5 Å². The summed E-state index contributed by atoms with van der Waals surface area (Å²) in [5, 5.41) is 2.99. The van der Waals surface area contributed by atoms with Crippen LogP contribution in [0, 0.1) is 0 Å². The number of esters is 1. The minimum Gasteiger partial charge on any atom is -0.496 e. The number of hydrogen-bond acceptors (Lipinski definition) is 4. The van der Waals surface area contributed by atoms with Gasteiger partial charge in [0.15, 0.2) is 5.96 Å². The molecule has 6 nitrogen and oxygen atoms in total. The Hall–Kier alpha value is -2.24. The molecule has 1 rings (SSSR count). The van der Waals surface area contributed by atoms with E-state index in [1.54, 1.807) is 18.2 Å². The van der Waals surface area contributed by atoms with E-state index in [0.29, 0.717) is 23.8 Å². The van der Waals surface area contributed by atoms with Gasteiger partial charge in [-0.05, 0) is 24.1 Å². The van der Waals surface area contributed by atoms with Crippen LogP contribution in [0.4, 0.5) is 0 Å². The molecule has 0 aliphatic carbocycles. The Kier molecular flexibility index (Phi) is 6.36. The number of carbonyl (C=O) groups is 1. The number of ether oxygens (including phenoxy) is 2. The molecule has 0 aliphatic heterocycles. The van der Waals surface area contributed by atoms with Crippen LogP contribution in [0.5, 0.6) is 5.75 Å². The van der Waals surface area contributed by atoms with Crippen molar-refractivity contribution in [3.8, 4) is 5.75 Å². The zero-order valence-corrected chi connectivity index (χ0v) is 12.1. The van der Waals surface area contributed by atoms with Gasteiger partial charge in [-0.3, -0.25) is 0 Å². The second-order valence-corrected chi connectivity index (χ2v) is 4.15. The topological polar surface area (TPSA) is 85.9 Å². The third kappa shape index (κ3) is 4.46. The molecule has 0 saturated carbocycles. The summed E-state index contributed by atoms with van der Waals surface area (Å²) >= 11 is 0. The van der Waals surface area contributed by atoms with E-state index in [1.165, 1.54) is 14.2 Å². The molecule has 20 heavy (non-hydrogen) atoms. The summed E-state index contributed by atoms with van der Waals surface area (Å²) in [4.78, 5) is 15.7. The standard InChI is InChI=1S/C14H21N3O3/c1-4-7-16-14(15)17-9-10-5-6-11(13(18)20-3)12(8-10)19-2/h5-6,8H,4,7,9H2,1-3H3,(H3,15,16,17). The van der Waals surface area contributed by atoms with E-state index in [0.717, 1.165) is 18.5 Å². The lowest BCUT2D eigenvalue weighted by molar-refractivity contribution is 0.0597. The molecule has 3 N–H and O–H groups in total. The number of hydrogen-bond donors (Lipinski definition) is 2. The molecule has 0 saturated heterocycles.